The number of hydrogen-bond acceptors (Lipinski definition) is 9. The second kappa shape index (κ2) is 12.1. The van der Waals surface area contributed by atoms with Gasteiger partial charge in [-0.1, -0.05) is 26.5 Å². The fourth-order valence-electron chi connectivity index (χ4n) is 7.49. The number of carbonyl (C=O) groups is 4. The van der Waals surface area contributed by atoms with Crippen molar-refractivity contribution < 1.29 is 39.6 Å². The van der Waals surface area contributed by atoms with Crippen molar-refractivity contribution in [2.45, 2.75) is 63.0 Å². The Morgan fingerprint density at radius 1 is 1.11 bits per heavy atom. The number of carboxylic acid groups (broad SMARTS) is 2. The van der Waals surface area contributed by atoms with Gasteiger partial charge in [0, 0.05) is 69.1 Å². The molecule has 0 saturated carbocycles. The lowest BCUT2D eigenvalue weighted by Gasteiger charge is -2.19. The van der Waals surface area contributed by atoms with Crippen LogP contribution in [0.5, 0.6) is 0 Å². The summed E-state index contributed by atoms with van der Waals surface area (Å²) in [5.74, 6) is -2.51. The Morgan fingerprint density at radius 2 is 1.83 bits per heavy atom. The molecule has 1 spiro atoms. The van der Waals surface area contributed by atoms with E-state index in [1.165, 1.54) is 6.08 Å². The Balaban J connectivity index is 1.42. The molecule has 0 bridgehead atoms. The quantitative estimate of drug-likeness (QED) is 0.122. The van der Waals surface area contributed by atoms with Gasteiger partial charge in [-0.15, -0.1) is 0 Å². The van der Waals surface area contributed by atoms with Crippen LogP contribution in [-0.4, -0.2) is 84.5 Å². The minimum absolute atomic E-state index is 0.0334. The number of carboxylic acids is 2. The number of H-pyrrole nitrogens is 1. The van der Waals surface area contributed by atoms with E-state index in [4.69, 9.17) is 0 Å². The Hall–Kier alpha value is -4.27. The molecule has 6 rings (SSSR count). The minimum atomic E-state index is -1.21. The molecule has 5 aliphatic rings. The molecule has 2 amide bonds. The number of aliphatic hydroxyl groups is 2. The molecule has 9 N–H and O–H groups in total. The van der Waals surface area contributed by atoms with E-state index < -0.39 is 42.0 Å². The van der Waals surface area contributed by atoms with Crippen LogP contribution in [0.15, 0.2) is 46.5 Å². The zero-order valence-corrected chi connectivity index (χ0v) is 27.1. The highest BCUT2D eigenvalue weighted by molar-refractivity contribution is 8.06. The third-order valence-electron chi connectivity index (χ3n) is 10.1. The summed E-state index contributed by atoms with van der Waals surface area (Å²) in [6, 6.07) is -0.988. The molecular weight excluding hydrogens is 626 g/mol. The van der Waals surface area contributed by atoms with Crippen LogP contribution < -0.4 is 21.3 Å². The van der Waals surface area contributed by atoms with Gasteiger partial charge in [-0.25, -0.2) is 0 Å². The number of rotatable bonds is 11. The Kier molecular flexibility index (Phi) is 8.39. The average Bonchev–Trinajstić information content (AvgIpc) is 3.86. The van der Waals surface area contributed by atoms with Crippen LogP contribution in [0.1, 0.15) is 49.2 Å². The molecule has 4 fully saturated rings. The summed E-state index contributed by atoms with van der Waals surface area (Å²) < 4.78 is 0. The Labute approximate surface area is 275 Å². The second-order valence-corrected chi connectivity index (χ2v) is 14.1. The number of aromatic nitrogens is 1. The first-order valence-corrected chi connectivity index (χ1v) is 16.6. The van der Waals surface area contributed by atoms with Gasteiger partial charge in [-0.3, -0.25) is 24.5 Å². The van der Waals surface area contributed by atoms with Crippen LogP contribution >= 0.6 is 11.8 Å². The summed E-state index contributed by atoms with van der Waals surface area (Å²) in [5.41, 5.74) is 4.34. The number of allylic oxidation sites excluding steroid dienone is 2. The molecule has 0 radical (unpaired) electrons. The molecular formula is C33H39N5O8S. The Bertz CT molecular complexity index is 1720. The number of carbonyl (C=O) groups excluding carboxylic acids is 2. The van der Waals surface area contributed by atoms with Crippen LogP contribution in [0.2, 0.25) is 0 Å². The van der Waals surface area contributed by atoms with E-state index in [0.29, 0.717) is 39.1 Å². The highest BCUT2D eigenvalue weighted by Gasteiger charge is 2.67. The summed E-state index contributed by atoms with van der Waals surface area (Å²) in [5, 5.41) is 53.4. The molecule has 1 unspecified atom stereocenters. The highest BCUT2D eigenvalue weighted by atomic mass is 32.2. The SMILES string of the molecule is C=CC1=C(CO)[C@@H]([C@@H]2N[C@]23NC(=C\c2[nH]c(/C=C4\NC(=O)[C@H](C)[C@H]4[C@@H]4CS4)c(C)c2CCC(=O)O)/C(=C(/O)CC(=O)O)C3C)NC1=O. The summed E-state index contributed by atoms with van der Waals surface area (Å²) in [4.78, 5) is 51.9. The molecule has 4 saturated heterocycles. The average molecular weight is 666 g/mol. The van der Waals surface area contributed by atoms with Gasteiger partial charge in [-0.2, -0.15) is 11.8 Å². The van der Waals surface area contributed by atoms with E-state index in [1.54, 1.807) is 6.08 Å². The van der Waals surface area contributed by atoms with Crippen molar-refractivity contribution in [2.75, 3.05) is 12.4 Å². The number of amides is 2. The van der Waals surface area contributed by atoms with Gasteiger partial charge >= 0.3 is 11.9 Å². The molecule has 1 aromatic rings. The monoisotopic (exact) mass is 665 g/mol. The molecule has 14 heteroatoms. The topological polar surface area (TPSA) is 223 Å². The fourth-order valence-corrected chi connectivity index (χ4v) is 8.40. The molecule has 6 heterocycles. The van der Waals surface area contributed by atoms with E-state index in [1.807, 2.05) is 38.6 Å². The standard InChI is InChI=1S/C33H39N5O8S/c1-5-16-18(11-39)29(36-32(16)46)30-33(38-30)15(4)28(23(40)10-26(43)44)22(37-33)9-20-17(6-7-25(41)42)13(2)19(34-20)8-21-27(24-12-47-24)14(3)31(45)35-21/h5,8-9,14-15,24,27,29-30,34,37-40H,1,6-7,10-12H2,2-4H3,(H,35,45)(H,36,46)(H,41,42)(H,43,44)/b21-8-,22-9-,28-23+/t14-,15?,24+,27-,29+,30+,33+/m1/s1. The Morgan fingerprint density at radius 3 is 2.45 bits per heavy atom. The number of aliphatic carboxylic acids is 2. The zero-order valence-electron chi connectivity index (χ0n) is 26.3. The highest BCUT2D eigenvalue weighted by Crippen LogP contribution is 2.50. The maximum absolute atomic E-state index is 12.6. The third-order valence-corrected chi connectivity index (χ3v) is 11.1. The van der Waals surface area contributed by atoms with Crippen molar-refractivity contribution in [2.24, 2.45) is 17.8 Å². The third kappa shape index (κ3) is 5.68. The normalized spacial score (nSPS) is 33.8. The summed E-state index contributed by atoms with van der Waals surface area (Å²) >= 11 is 1.81. The van der Waals surface area contributed by atoms with E-state index in [-0.39, 0.29) is 48.9 Å². The molecule has 13 nitrogen and oxygen atoms in total. The summed E-state index contributed by atoms with van der Waals surface area (Å²) in [6.07, 6.45) is 4.52. The lowest BCUT2D eigenvalue weighted by Crippen LogP contribution is -2.42. The van der Waals surface area contributed by atoms with Crippen molar-refractivity contribution in [3.63, 3.8) is 0 Å². The van der Waals surface area contributed by atoms with Crippen molar-refractivity contribution in [1.29, 1.82) is 0 Å². The van der Waals surface area contributed by atoms with Gasteiger partial charge < -0.3 is 41.4 Å². The van der Waals surface area contributed by atoms with E-state index in [0.717, 1.165) is 22.6 Å². The zero-order chi connectivity index (χ0) is 33.9. The van der Waals surface area contributed by atoms with Gasteiger partial charge in [0.15, 0.2) is 0 Å². The van der Waals surface area contributed by atoms with Gasteiger partial charge in [-0.05, 0) is 42.2 Å². The maximum atomic E-state index is 12.6. The number of thioether (sulfide) groups is 1. The molecule has 1 aromatic heterocycles. The van der Waals surface area contributed by atoms with E-state index in [9.17, 15) is 39.6 Å². The van der Waals surface area contributed by atoms with Crippen LogP contribution in [0.25, 0.3) is 12.2 Å². The van der Waals surface area contributed by atoms with Gasteiger partial charge in [0.05, 0.1) is 18.7 Å². The second-order valence-electron chi connectivity index (χ2n) is 12.8. The number of nitrogens with one attached hydrogen (secondary N) is 5. The van der Waals surface area contributed by atoms with Crippen LogP contribution in [0.4, 0.5) is 0 Å². The first kappa shape index (κ1) is 32.7. The predicted octanol–water partition coefficient (Wildman–Crippen LogP) is 1.69. The van der Waals surface area contributed by atoms with Crippen molar-refractivity contribution in [3.8, 4) is 0 Å². The van der Waals surface area contributed by atoms with Crippen molar-refractivity contribution in [3.05, 3.63) is 69.0 Å². The molecule has 47 heavy (non-hydrogen) atoms. The first-order valence-electron chi connectivity index (χ1n) is 15.6. The van der Waals surface area contributed by atoms with Crippen LogP contribution in [-0.2, 0) is 25.6 Å². The summed E-state index contributed by atoms with van der Waals surface area (Å²) in [7, 11) is 0. The van der Waals surface area contributed by atoms with Crippen LogP contribution in [0, 0.1) is 24.7 Å². The lowest BCUT2D eigenvalue weighted by molar-refractivity contribution is -0.137. The van der Waals surface area contributed by atoms with Gasteiger partial charge in [0.1, 0.15) is 17.8 Å². The predicted molar refractivity (Wildman–Crippen MR) is 175 cm³/mol. The first-order chi connectivity index (χ1) is 22.3. The van der Waals surface area contributed by atoms with E-state index in [2.05, 4.69) is 32.8 Å². The lowest BCUT2D eigenvalue weighted by atomic mass is 9.89. The molecule has 5 aliphatic heterocycles. The molecule has 250 valence electrons. The number of hydrogen-bond donors (Lipinski definition) is 9. The maximum Gasteiger partial charge on any atom is 0.311 e. The fraction of sp³-hybridized carbons (Fsp3) is 0.455. The molecule has 7 atom stereocenters. The molecule has 0 aliphatic carbocycles. The number of aromatic amines is 1. The molecule has 0 aromatic carbocycles. The smallest absolute Gasteiger partial charge is 0.311 e. The van der Waals surface area contributed by atoms with Gasteiger partial charge in [0.2, 0.25) is 5.91 Å². The van der Waals surface area contributed by atoms with Crippen molar-refractivity contribution >= 4 is 47.7 Å². The largest absolute Gasteiger partial charge is 0.511 e. The van der Waals surface area contributed by atoms with E-state index >= 15 is 0 Å². The summed E-state index contributed by atoms with van der Waals surface area (Å²) in [6.45, 7) is 8.97. The van der Waals surface area contributed by atoms with Crippen LogP contribution in [0.3, 0.4) is 0 Å². The van der Waals surface area contributed by atoms with Crippen molar-refractivity contribution in [1.82, 2.24) is 26.3 Å². The number of aliphatic hydroxyl groups excluding tert-OH is 2. The minimum Gasteiger partial charge on any atom is -0.511 e. The van der Waals surface area contributed by atoms with Gasteiger partial charge in [0.25, 0.3) is 5.91 Å².